The zero-order chi connectivity index (χ0) is 14.3. The van der Waals surface area contributed by atoms with Gasteiger partial charge in [0.25, 0.3) is 0 Å². The maximum Gasteiger partial charge on any atom is 0.325 e. The molecule has 3 N–H and O–H groups in total. The average molecular weight is 266 g/mol. The quantitative estimate of drug-likeness (QED) is 0.627. The third-order valence-electron chi connectivity index (χ3n) is 2.54. The molecule has 0 bridgehead atoms. The second-order valence-electron chi connectivity index (χ2n) is 3.95. The van der Waals surface area contributed by atoms with Gasteiger partial charge >= 0.3 is 5.97 Å². The Bertz CT molecular complexity index is 448. The number of benzene rings is 1. The van der Waals surface area contributed by atoms with E-state index >= 15 is 0 Å². The van der Waals surface area contributed by atoms with Gasteiger partial charge in [0, 0.05) is 25.6 Å². The number of carbonyl (C=O) groups is 2. The first-order valence-corrected chi connectivity index (χ1v) is 5.89. The summed E-state index contributed by atoms with van der Waals surface area (Å²) in [6.45, 7) is 2.14. The monoisotopic (exact) mass is 266 g/mol. The van der Waals surface area contributed by atoms with Crippen molar-refractivity contribution in [1.82, 2.24) is 10.6 Å². The number of aliphatic carboxylic acids is 1. The van der Waals surface area contributed by atoms with Crippen LogP contribution in [0.2, 0.25) is 0 Å². The summed E-state index contributed by atoms with van der Waals surface area (Å²) in [5.41, 5.74) is 0.556. The number of carboxylic acid groups (broad SMARTS) is 1. The molecule has 104 valence electrons. The molecule has 0 saturated heterocycles. The summed E-state index contributed by atoms with van der Waals surface area (Å²) >= 11 is 0. The molecule has 1 amide bonds. The fraction of sp³-hybridized carbons (Fsp3) is 0.385. The van der Waals surface area contributed by atoms with E-state index in [0.29, 0.717) is 24.4 Å². The summed E-state index contributed by atoms with van der Waals surface area (Å²) in [6.07, 6.45) is 0. The first-order chi connectivity index (χ1) is 9.06. The van der Waals surface area contributed by atoms with Crippen LogP contribution in [0.1, 0.15) is 18.5 Å². The molecule has 0 aromatic heterocycles. The van der Waals surface area contributed by atoms with E-state index in [1.165, 1.54) is 14.0 Å². The highest BCUT2D eigenvalue weighted by molar-refractivity contribution is 5.76. The van der Waals surface area contributed by atoms with Crippen LogP contribution in [0.25, 0.3) is 0 Å². The molecule has 1 aromatic rings. The van der Waals surface area contributed by atoms with Crippen LogP contribution < -0.4 is 15.4 Å². The Labute approximate surface area is 111 Å². The Balaban J connectivity index is 2.72. The van der Waals surface area contributed by atoms with Gasteiger partial charge in [-0.3, -0.25) is 14.9 Å². The topological polar surface area (TPSA) is 87.7 Å². The summed E-state index contributed by atoms with van der Waals surface area (Å²) in [5, 5.41) is 14.7. The van der Waals surface area contributed by atoms with Crippen LogP contribution in [-0.4, -0.2) is 37.2 Å². The first kappa shape index (κ1) is 15.0. The van der Waals surface area contributed by atoms with Crippen LogP contribution in [0.15, 0.2) is 24.3 Å². The second kappa shape index (κ2) is 7.38. The highest BCUT2D eigenvalue weighted by Crippen LogP contribution is 2.24. The van der Waals surface area contributed by atoms with Crippen molar-refractivity contribution in [2.24, 2.45) is 0 Å². The van der Waals surface area contributed by atoms with E-state index in [9.17, 15) is 14.7 Å². The Morgan fingerprint density at radius 2 is 2.00 bits per heavy atom. The van der Waals surface area contributed by atoms with Gasteiger partial charge in [-0.15, -0.1) is 0 Å². The fourth-order valence-electron chi connectivity index (χ4n) is 1.69. The number of carboxylic acids is 1. The number of para-hydroxylation sites is 1. The van der Waals surface area contributed by atoms with Gasteiger partial charge < -0.3 is 15.2 Å². The first-order valence-electron chi connectivity index (χ1n) is 5.89. The van der Waals surface area contributed by atoms with E-state index in [1.807, 2.05) is 0 Å². The highest BCUT2D eigenvalue weighted by atomic mass is 16.5. The van der Waals surface area contributed by atoms with Crippen LogP contribution in [0.4, 0.5) is 0 Å². The molecule has 1 aromatic carbocycles. The van der Waals surface area contributed by atoms with Crippen molar-refractivity contribution in [1.29, 1.82) is 0 Å². The van der Waals surface area contributed by atoms with Crippen molar-refractivity contribution < 1.29 is 19.4 Å². The van der Waals surface area contributed by atoms with E-state index < -0.39 is 12.0 Å². The molecule has 0 fully saturated rings. The van der Waals surface area contributed by atoms with Crippen molar-refractivity contribution in [2.45, 2.75) is 13.0 Å². The maximum atomic E-state index is 11.3. The summed E-state index contributed by atoms with van der Waals surface area (Å²) in [4.78, 5) is 22.0. The summed E-state index contributed by atoms with van der Waals surface area (Å²) < 4.78 is 5.15. The third kappa shape index (κ3) is 4.59. The molecule has 0 aliphatic carbocycles. The Morgan fingerprint density at radius 1 is 1.32 bits per heavy atom. The smallest absolute Gasteiger partial charge is 0.325 e. The van der Waals surface area contributed by atoms with E-state index in [4.69, 9.17) is 4.74 Å². The highest BCUT2D eigenvalue weighted by Gasteiger charge is 2.22. The van der Waals surface area contributed by atoms with Crippen molar-refractivity contribution in [3.05, 3.63) is 29.8 Å². The van der Waals surface area contributed by atoms with Gasteiger partial charge in [-0.25, -0.2) is 0 Å². The number of hydrogen-bond acceptors (Lipinski definition) is 4. The predicted octanol–water partition coefficient (Wildman–Crippen LogP) is 0.547. The van der Waals surface area contributed by atoms with Crippen LogP contribution >= 0.6 is 0 Å². The van der Waals surface area contributed by atoms with Gasteiger partial charge in [0.1, 0.15) is 11.8 Å². The Hall–Kier alpha value is -2.08. The largest absolute Gasteiger partial charge is 0.496 e. The number of amides is 1. The Morgan fingerprint density at radius 3 is 2.58 bits per heavy atom. The van der Waals surface area contributed by atoms with Gasteiger partial charge in [-0.2, -0.15) is 0 Å². The number of rotatable bonds is 7. The van der Waals surface area contributed by atoms with Crippen molar-refractivity contribution in [3.63, 3.8) is 0 Å². The number of hydrogen-bond donors (Lipinski definition) is 3. The van der Waals surface area contributed by atoms with E-state index in [0.717, 1.165) is 0 Å². The van der Waals surface area contributed by atoms with Gasteiger partial charge in [-0.1, -0.05) is 18.2 Å². The Kier molecular flexibility index (Phi) is 5.81. The molecule has 1 atom stereocenters. The van der Waals surface area contributed by atoms with E-state index in [1.54, 1.807) is 24.3 Å². The molecule has 0 aliphatic heterocycles. The fourth-order valence-corrected chi connectivity index (χ4v) is 1.69. The van der Waals surface area contributed by atoms with Gasteiger partial charge in [0.05, 0.1) is 7.11 Å². The van der Waals surface area contributed by atoms with Gasteiger partial charge in [0.15, 0.2) is 0 Å². The number of methoxy groups -OCH3 is 1. The van der Waals surface area contributed by atoms with Crippen LogP contribution in [0, 0.1) is 0 Å². The molecular weight excluding hydrogens is 248 g/mol. The summed E-state index contributed by atoms with van der Waals surface area (Å²) in [5.74, 6) is -0.625. The van der Waals surface area contributed by atoms with Crippen molar-refractivity contribution >= 4 is 11.9 Å². The molecule has 0 saturated carbocycles. The molecule has 1 unspecified atom stereocenters. The molecule has 0 aliphatic rings. The molecule has 0 heterocycles. The standard InChI is InChI=1S/C13H18N2O4/c1-9(16)14-7-8-15-12(13(17)18)10-5-3-4-6-11(10)19-2/h3-6,12,15H,7-8H2,1-2H3,(H,14,16)(H,17,18). The minimum Gasteiger partial charge on any atom is -0.496 e. The second-order valence-corrected chi connectivity index (χ2v) is 3.95. The number of carbonyl (C=O) groups excluding carboxylic acids is 1. The normalized spacial score (nSPS) is 11.7. The van der Waals surface area contributed by atoms with Crippen molar-refractivity contribution in [2.75, 3.05) is 20.2 Å². The zero-order valence-electron chi connectivity index (χ0n) is 11.0. The average Bonchev–Trinajstić information content (AvgIpc) is 2.38. The lowest BCUT2D eigenvalue weighted by atomic mass is 10.1. The summed E-state index contributed by atoms with van der Waals surface area (Å²) in [6, 6.07) is 6.07. The summed E-state index contributed by atoms with van der Waals surface area (Å²) in [7, 11) is 1.50. The van der Waals surface area contributed by atoms with E-state index in [-0.39, 0.29) is 5.91 Å². The number of nitrogens with one attached hydrogen (secondary N) is 2. The molecule has 19 heavy (non-hydrogen) atoms. The van der Waals surface area contributed by atoms with Crippen LogP contribution in [-0.2, 0) is 9.59 Å². The lowest BCUT2D eigenvalue weighted by Gasteiger charge is -2.17. The van der Waals surface area contributed by atoms with E-state index in [2.05, 4.69) is 10.6 Å². The van der Waals surface area contributed by atoms with Crippen LogP contribution in [0.5, 0.6) is 5.75 Å². The molecule has 0 radical (unpaired) electrons. The molecule has 6 heteroatoms. The van der Waals surface area contributed by atoms with Crippen molar-refractivity contribution in [3.8, 4) is 5.75 Å². The predicted molar refractivity (Wildman–Crippen MR) is 70.1 cm³/mol. The van der Waals surface area contributed by atoms with Gasteiger partial charge in [0.2, 0.25) is 5.91 Å². The lowest BCUT2D eigenvalue weighted by molar-refractivity contribution is -0.139. The molecule has 1 rings (SSSR count). The third-order valence-corrected chi connectivity index (χ3v) is 2.54. The lowest BCUT2D eigenvalue weighted by Crippen LogP contribution is -2.35. The minimum absolute atomic E-state index is 0.147. The SMILES string of the molecule is COc1ccccc1C(NCCNC(C)=O)C(=O)O. The zero-order valence-corrected chi connectivity index (χ0v) is 11.0. The van der Waals surface area contributed by atoms with Gasteiger partial charge in [-0.05, 0) is 6.07 Å². The molecule has 0 spiro atoms. The molecular formula is C13H18N2O4. The van der Waals surface area contributed by atoms with Crippen LogP contribution in [0.3, 0.4) is 0 Å². The molecule has 6 nitrogen and oxygen atoms in total. The minimum atomic E-state index is -0.993. The number of ether oxygens (including phenoxy) is 1. The maximum absolute atomic E-state index is 11.3.